The second kappa shape index (κ2) is 7.21. The number of nitriles is 1. The third-order valence-corrected chi connectivity index (χ3v) is 4.03. The van der Waals surface area contributed by atoms with Crippen molar-refractivity contribution < 1.29 is 4.79 Å². The fourth-order valence-corrected chi connectivity index (χ4v) is 2.77. The quantitative estimate of drug-likeness (QED) is 0.882. The molecule has 0 atom stereocenters. The normalized spacial score (nSPS) is 21.8. The van der Waals surface area contributed by atoms with E-state index in [0.717, 1.165) is 25.7 Å². The van der Waals surface area contributed by atoms with Gasteiger partial charge in [0.2, 0.25) is 5.91 Å². The molecule has 5 heteroatoms. The molecule has 1 saturated carbocycles. The van der Waals surface area contributed by atoms with E-state index < -0.39 is 0 Å². The smallest absolute Gasteiger partial charge is 0.238 e. The van der Waals surface area contributed by atoms with Gasteiger partial charge in [0.1, 0.15) is 0 Å². The van der Waals surface area contributed by atoms with Crippen LogP contribution in [0.15, 0.2) is 24.3 Å². The zero-order valence-electron chi connectivity index (χ0n) is 12.4. The van der Waals surface area contributed by atoms with Gasteiger partial charge in [-0.05, 0) is 50.9 Å². The third kappa shape index (κ3) is 4.55. The first kappa shape index (κ1) is 15.5. The van der Waals surface area contributed by atoms with Crippen molar-refractivity contribution in [3.63, 3.8) is 0 Å². The molecule has 0 aromatic heterocycles. The lowest BCUT2D eigenvalue weighted by Gasteiger charge is -2.33. The number of likely N-dealkylation sites (N-methyl/N-ethyl adjacent to an activating group) is 1. The molecule has 5 nitrogen and oxygen atoms in total. The Kier molecular flexibility index (Phi) is 5.32. The SMILES string of the molecule is CN(CC(=O)Nc1cccc(C#N)c1)C1CCC(N)CC1. The van der Waals surface area contributed by atoms with Gasteiger partial charge in [0.05, 0.1) is 18.2 Å². The Balaban J connectivity index is 1.85. The number of anilines is 1. The van der Waals surface area contributed by atoms with E-state index in [2.05, 4.69) is 16.3 Å². The first-order valence-electron chi connectivity index (χ1n) is 7.34. The molecule has 21 heavy (non-hydrogen) atoms. The van der Waals surface area contributed by atoms with Crippen LogP contribution in [0.1, 0.15) is 31.2 Å². The third-order valence-electron chi connectivity index (χ3n) is 4.03. The predicted octanol–water partition coefficient (Wildman–Crippen LogP) is 1.70. The Morgan fingerprint density at radius 3 is 2.81 bits per heavy atom. The predicted molar refractivity (Wildman–Crippen MR) is 82.6 cm³/mol. The molecule has 2 rings (SSSR count). The fraction of sp³-hybridized carbons (Fsp3) is 0.500. The molecule has 3 N–H and O–H groups in total. The molecule has 1 aromatic carbocycles. The van der Waals surface area contributed by atoms with Crippen molar-refractivity contribution in [3.8, 4) is 6.07 Å². The maximum atomic E-state index is 12.1. The molecule has 1 amide bonds. The standard InChI is InChI=1S/C16H22N4O/c1-20(15-7-5-13(18)6-8-15)11-16(21)19-14-4-2-3-12(9-14)10-17/h2-4,9,13,15H,5-8,11,18H2,1H3,(H,19,21). The van der Waals surface area contributed by atoms with Gasteiger partial charge in [0.15, 0.2) is 0 Å². The molecule has 0 aliphatic heterocycles. The monoisotopic (exact) mass is 286 g/mol. The Labute approximate surface area is 125 Å². The lowest BCUT2D eigenvalue weighted by atomic mass is 9.91. The van der Waals surface area contributed by atoms with Crippen molar-refractivity contribution in [2.24, 2.45) is 5.73 Å². The number of nitrogens with zero attached hydrogens (tertiary/aromatic N) is 2. The van der Waals surface area contributed by atoms with E-state index in [1.807, 2.05) is 7.05 Å². The van der Waals surface area contributed by atoms with E-state index >= 15 is 0 Å². The number of nitrogens with one attached hydrogen (secondary N) is 1. The second-order valence-electron chi connectivity index (χ2n) is 5.72. The van der Waals surface area contributed by atoms with Crippen LogP contribution in [0.4, 0.5) is 5.69 Å². The van der Waals surface area contributed by atoms with E-state index in [4.69, 9.17) is 11.0 Å². The summed E-state index contributed by atoms with van der Waals surface area (Å²) in [4.78, 5) is 14.2. The first-order chi connectivity index (χ1) is 10.1. The summed E-state index contributed by atoms with van der Waals surface area (Å²) < 4.78 is 0. The molecule has 0 spiro atoms. The number of hydrogen-bond acceptors (Lipinski definition) is 4. The average molecular weight is 286 g/mol. The lowest BCUT2D eigenvalue weighted by molar-refractivity contribution is -0.117. The zero-order chi connectivity index (χ0) is 15.2. The lowest BCUT2D eigenvalue weighted by Crippen LogP contribution is -2.42. The minimum absolute atomic E-state index is 0.0533. The van der Waals surface area contributed by atoms with Crippen LogP contribution in [0.2, 0.25) is 0 Å². The summed E-state index contributed by atoms with van der Waals surface area (Å²) in [5, 5.41) is 11.7. The topological polar surface area (TPSA) is 82.2 Å². The zero-order valence-corrected chi connectivity index (χ0v) is 12.4. The number of carbonyl (C=O) groups excluding carboxylic acids is 1. The van der Waals surface area contributed by atoms with E-state index in [-0.39, 0.29) is 5.91 Å². The minimum atomic E-state index is -0.0533. The van der Waals surface area contributed by atoms with Crippen LogP contribution in [-0.4, -0.2) is 36.5 Å². The highest BCUT2D eigenvalue weighted by atomic mass is 16.2. The summed E-state index contributed by atoms with van der Waals surface area (Å²) >= 11 is 0. The van der Waals surface area contributed by atoms with Crippen molar-refractivity contribution in [2.75, 3.05) is 18.9 Å². The van der Waals surface area contributed by atoms with Crippen molar-refractivity contribution >= 4 is 11.6 Å². The molecule has 0 saturated heterocycles. The Hall–Kier alpha value is -1.90. The van der Waals surface area contributed by atoms with Crippen LogP contribution in [0.3, 0.4) is 0 Å². The van der Waals surface area contributed by atoms with Gasteiger partial charge in [0, 0.05) is 17.8 Å². The summed E-state index contributed by atoms with van der Waals surface area (Å²) in [6.45, 7) is 0.358. The highest BCUT2D eigenvalue weighted by Gasteiger charge is 2.23. The number of benzene rings is 1. The largest absolute Gasteiger partial charge is 0.328 e. The molecule has 0 bridgehead atoms. The van der Waals surface area contributed by atoms with Crippen molar-refractivity contribution in [3.05, 3.63) is 29.8 Å². The molecule has 1 aliphatic rings. The molecular weight excluding hydrogens is 264 g/mol. The fourth-order valence-electron chi connectivity index (χ4n) is 2.77. The van der Waals surface area contributed by atoms with Crippen molar-refractivity contribution in [2.45, 2.75) is 37.8 Å². The minimum Gasteiger partial charge on any atom is -0.328 e. The van der Waals surface area contributed by atoms with E-state index in [1.165, 1.54) is 0 Å². The van der Waals surface area contributed by atoms with Gasteiger partial charge < -0.3 is 11.1 Å². The second-order valence-corrected chi connectivity index (χ2v) is 5.72. The number of rotatable bonds is 4. The maximum Gasteiger partial charge on any atom is 0.238 e. The summed E-state index contributed by atoms with van der Waals surface area (Å²) in [5.74, 6) is -0.0533. The van der Waals surface area contributed by atoms with Gasteiger partial charge in [-0.3, -0.25) is 9.69 Å². The van der Waals surface area contributed by atoms with E-state index in [0.29, 0.717) is 29.9 Å². The number of amides is 1. The van der Waals surface area contributed by atoms with Crippen molar-refractivity contribution in [1.29, 1.82) is 5.26 Å². The molecule has 1 aliphatic carbocycles. The van der Waals surface area contributed by atoms with E-state index in [1.54, 1.807) is 24.3 Å². The van der Waals surface area contributed by atoms with Gasteiger partial charge in [0.25, 0.3) is 0 Å². The van der Waals surface area contributed by atoms with Gasteiger partial charge in [-0.2, -0.15) is 5.26 Å². The van der Waals surface area contributed by atoms with Gasteiger partial charge >= 0.3 is 0 Å². The molecule has 0 heterocycles. The van der Waals surface area contributed by atoms with Crippen LogP contribution < -0.4 is 11.1 Å². The summed E-state index contributed by atoms with van der Waals surface area (Å²) in [5.41, 5.74) is 7.11. The summed E-state index contributed by atoms with van der Waals surface area (Å²) in [6, 6.07) is 9.76. The van der Waals surface area contributed by atoms with Crippen LogP contribution in [0, 0.1) is 11.3 Å². The Morgan fingerprint density at radius 2 is 2.14 bits per heavy atom. The van der Waals surface area contributed by atoms with Crippen molar-refractivity contribution in [1.82, 2.24) is 4.90 Å². The highest BCUT2D eigenvalue weighted by molar-refractivity contribution is 5.92. The summed E-state index contributed by atoms with van der Waals surface area (Å²) in [7, 11) is 1.98. The average Bonchev–Trinajstić information content (AvgIpc) is 2.47. The summed E-state index contributed by atoms with van der Waals surface area (Å²) in [6.07, 6.45) is 4.16. The number of carbonyl (C=O) groups is 1. The van der Waals surface area contributed by atoms with E-state index in [9.17, 15) is 4.79 Å². The molecule has 0 unspecified atom stereocenters. The van der Waals surface area contributed by atoms with Crippen LogP contribution in [0.5, 0.6) is 0 Å². The Bertz CT molecular complexity index is 529. The molecule has 0 radical (unpaired) electrons. The Morgan fingerprint density at radius 1 is 1.43 bits per heavy atom. The number of nitrogens with two attached hydrogens (primary N) is 1. The van der Waals surface area contributed by atoms with Gasteiger partial charge in [-0.1, -0.05) is 6.07 Å². The maximum absolute atomic E-state index is 12.1. The molecule has 112 valence electrons. The van der Waals surface area contributed by atoms with Crippen LogP contribution >= 0.6 is 0 Å². The van der Waals surface area contributed by atoms with Crippen LogP contribution in [-0.2, 0) is 4.79 Å². The van der Waals surface area contributed by atoms with Gasteiger partial charge in [-0.25, -0.2) is 0 Å². The van der Waals surface area contributed by atoms with Crippen LogP contribution in [0.25, 0.3) is 0 Å². The molecular formula is C16H22N4O. The highest BCUT2D eigenvalue weighted by Crippen LogP contribution is 2.21. The molecule has 1 fully saturated rings. The number of hydrogen-bond donors (Lipinski definition) is 2. The van der Waals surface area contributed by atoms with Gasteiger partial charge in [-0.15, -0.1) is 0 Å². The molecule has 1 aromatic rings. The first-order valence-corrected chi connectivity index (χ1v) is 7.34.